The summed E-state index contributed by atoms with van der Waals surface area (Å²) in [5.74, 6) is 1.55. The van der Waals surface area contributed by atoms with E-state index in [9.17, 15) is 4.79 Å². The maximum Gasteiger partial charge on any atom is 0.266 e. The van der Waals surface area contributed by atoms with Crippen LogP contribution in [-0.2, 0) is 4.79 Å². The summed E-state index contributed by atoms with van der Waals surface area (Å²) < 4.78 is 12.4. The Labute approximate surface area is 187 Å². The van der Waals surface area contributed by atoms with Crippen LogP contribution in [0.4, 0.5) is 0 Å². The Morgan fingerprint density at radius 3 is 2.53 bits per heavy atom. The van der Waals surface area contributed by atoms with Crippen LogP contribution in [0, 0.1) is 13.8 Å². The van der Waals surface area contributed by atoms with Gasteiger partial charge in [0.2, 0.25) is 0 Å². The highest BCUT2D eigenvalue weighted by Crippen LogP contribution is 2.34. The van der Waals surface area contributed by atoms with Crippen LogP contribution in [0.3, 0.4) is 0 Å². The van der Waals surface area contributed by atoms with Gasteiger partial charge in [-0.05, 0) is 43.2 Å². The van der Waals surface area contributed by atoms with E-state index in [1.54, 1.807) is 11.0 Å². The lowest BCUT2D eigenvalue weighted by atomic mass is 10.1. The largest absolute Gasteiger partial charge is 0.493 e. The van der Waals surface area contributed by atoms with Gasteiger partial charge in [-0.1, -0.05) is 60.4 Å². The fourth-order valence-corrected chi connectivity index (χ4v) is 4.23. The lowest BCUT2D eigenvalue weighted by Gasteiger charge is -2.12. The number of hydrogen-bond donors (Lipinski definition) is 0. The van der Waals surface area contributed by atoms with Gasteiger partial charge in [-0.15, -0.1) is 6.58 Å². The van der Waals surface area contributed by atoms with Crippen LogP contribution < -0.4 is 9.47 Å². The Bertz CT molecular complexity index is 984. The van der Waals surface area contributed by atoms with Gasteiger partial charge in [-0.25, -0.2) is 0 Å². The predicted octanol–water partition coefficient (Wildman–Crippen LogP) is 5.54. The third-order valence-corrected chi connectivity index (χ3v) is 6.13. The number of rotatable bonds is 9. The molecule has 0 spiro atoms. The van der Waals surface area contributed by atoms with E-state index in [1.807, 2.05) is 42.5 Å². The smallest absolute Gasteiger partial charge is 0.266 e. The van der Waals surface area contributed by atoms with E-state index in [0.29, 0.717) is 29.0 Å². The third kappa shape index (κ3) is 5.32. The number of ether oxygens (including phenoxy) is 2. The fourth-order valence-electron chi connectivity index (χ4n) is 2.96. The number of aryl methyl sites for hydroxylation is 1. The number of benzene rings is 2. The van der Waals surface area contributed by atoms with Crippen LogP contribution in [0.15, 0.2) is 60.0 Å². The average molecular weight is 440 g/mol. The van der Waals surface area contributed by atoms with E-state index < -0.39 is 0 Å². The number of nitrogens with zero attached hydrogens (tertiary/aromatic N) is 1. The Kier molecular flexibility index (Phi) is 7.71. The number of para-hydroxylation sites is 1. The van der Waals surface area contributed by atoms with Crippen LogP contribution in [0.1, 0.15) is 23.1 Å². The second kappa shape index (κ2) is 10.5. The van der Waals surface area contributed by atoms with Crippen molar-refractivity contribution in [1.29, 1.82) is 0 Å². The summed E-state index contributed by atoms with van der Waals surface area (Å²) >= 11 is 6.60. The van der Waals surface area contributed by atoms with Gasteiger partial charge in [0, 0.05) is 18.5 Å². The molecule has 0 aliphatic carbocycles. The Hall–Kier alpha value is -2.57. The molecular weight excluding hydrogens is 414 g/mol. The molecule has 0 aromatic heterocycles. The molecule has 2 aromatic carbocycles. The van der Waals surface area contributed by atoms with Gasteiger partial charge in [-0.3, -0.25) is 9.69 Å². The molecule has 0 radical (unpaired) electrons. The molecule has 1 saturated heterocycles. The number of hydrogen-bond acceptors (Lipinski definition) is 5. The summed E-state index contributed by atoms with van der Waals surface area (Å²) in [6.07, 6.45) is 4.26. The van der Waals surface area contributed by atoms with Crippen LogP contribution in [0.25, 0.3) is 6.08 Å². The lowest BCUT2D eigenvalue weighted by molar-refractivity contribution is -0.121. The van der Waals surface area contributed by atoms with Crippen molar-refractivity contribution >= 4 is 40.3 Å². The van der Waals surface area contributed by atoms with Gasteiger partial charge < -0.3 is 9.47 Å². The molecule has 3 rings (SSSR count). The van der Waals surface area contributed by atoms with Crippen molar-refractivity contribution in [3.05, 3.63) is 76.7 Å². The number of thiocarbonyl (C=S) groups is 1. The van der Waals surface area contributed by atoms with Gasteiger partial charge >= 0.3 is 0 Å². The first-order chi connectivity index (χ1) is 14.5. The molecule has 1 heterocycles. The molecule has 1 fully saturated rings. The molecule has 0 unspecified atom stereocenters. The molecule has 30 heavy (non-hydrogen) atoms. The minimum atomic E-state index is -0.0957. The Morgan fingerprint density at radius 2 is 1.77 bits per heavy atom. The van der Waals surface area contributed by atoms with Crippen molar-refractivity contribution in [1.82, 2.24) is 4.90 Å². The van der Waals surface area contributed by atoms with Crippen LogP contribution >= 0.6 is 24.0 Å². The zero-order valence-corrected chi connectivity index (χ0v) is 18.9. The molecule has 0 atom stereocenters. The van der Waals surface area contributed by atoms with Crippen molar-refractivity contribution in [3.8, 4) is 11.5 Å². The molecule has 6 heteroatoms. The molecule has 156 valence electrons. The van der Waals surface area contributed by atoms with Crippen molar-refractivity contribution in [3.63, 3.8) is 0 Å². The van der Waals surface area contributed by atoms with E-state index in [4.69, 9.17) is 21.7 Å². The molecule has 0 bridgehead atoms. The normalized spacial score (nSPS) is 15.0. The van der Waals surface area contributed by atoms with E-state index in [-0.39, 0.29) is 5.91 Å². The fraction of sp³-hybridized carbons (Fsp3) is 0.250. The predicted molar refractivity (Wildman–Crippen MR) is 128 cm³/mol. The van der Waals surface area contributed by atoms with Gasteiger partial charge in [0.1, 0.15) is 15.8 Å². The summed E-state index contributed by atoms with van der Waals surface area (Å²) in [6.45, 7) is 9.34. The Balaban J connectivity index is 1.58. The number of carbonyl (C=O) groups is 1. The monoisotopic (exact) mass is 439 g/mol. The van der Waals surface area contributed by atoms with Gasteiger partial charge in [0.15, 0.2) is 0 Å². The second-order valence-corrected chi connectivity index (χ2v) is 8.54. The van der Waals surface area contributed by atoms with E-state index in [0.717, 1.165) is 29.0 Å². The van der Waals surface area contributed by atoms with Crippen LogP contribution in [0.2, 0.25) is 0 Å². The van der Waals surface area contributed by atoms with Crippen molar-refractivity contribution in [2.45, 2.75) is 20.3 Å². The highest BCUT2D eigenvalue weighted by Gasteiger charge is 2.31. The summed E-state index contributed by atoms with van der Waals surface area (Å²) in [6, 6.07) is 13.7. The standard InChI is InChI=1S/C24H25NO3S2/c1-4-13-25-23(26)22(30-24(25)29)16-19-10-5-6-11-21(19)28-15-8-14-27-20-12-7-9-17(2)18(20)3/h4-7,9-12,16H,1,8,13-15H2,2-3H3/b22-16-. The van der Waals surface area contributed by atoms with Crippen LogP contribution in [-0.4, -0.2) is 34.9 Å². The van der Waals surface area contributed by atoms with Gasteiger partial charge in [0.25, 0.3) is 5.91 Å². The molecule has 1 aliphatic heterocycles. The summed E-state index contributed by atoms with van der Waals surface area (Å²) in [5.41, 5.74) is 3.24. The molecule has 1 aliphatic rings. The minimum absolute atomic E-state index is 0.0957. The van der Waals surface area contributed by atoms with E-state index in [1.165, 1.54) is 17.3 Å². The number of carbonyl (C=O) groups excluding carboxylic acids is 1. The zero-order valence-electron chi connectivity index (χ0n) is 17.2. The average Bonchev–Trinajstić information content (AvgIpc) is 2.99. The summed E-state index contributed by atoms with van der Waals surface area (Å²) in [7, 11) is 0. The van der Waals surface area contributed by atoms with Gasteiger partial charge in [0.05, 0.1) is 18.1 Å². The van der Waals surface area contributed by atoms with Crippen molar-refractivity contribution in [2.24, 2.45) is 0 Å². The SMILES string of the molecule is C=CCN1C(=O)/C(=C/c2ccccc2OCCCOc2cccc(C)c2C)SC1=S. The Morgan fingerprint density at radius 1 is 1.07 bits per heavy atom. The first kappa shape index (κ1) is 22.1. The van der Waals surface area contributed by atoms with Crippen molar-refractivity contribution in [2.75, 3.05) is 19.8 Å². The molecule has 0 saturated carbocycles. The highest BCUT2D eigenvalue weighted by atomic mass is 32.2. The minimum Gasteiger partial charge on any atom is -0.493 e. The summed E-state index contributed by atoms with van der Waals surface area (Å²) in [4.78, 5) is 14.7. The topological polar surface area (TPSA) is 38.8 Å². The van der Waals surface area contributed by atoms with Crippen LogP contribution in [0.5, 0.6) is 11.5 Å². The maximum absolute atomic E-state index is 12.6. The molecule has 1 amide bonds. The third-order valence-electron chi connectivity index (χ3n) is 4.75. The maximum atomic E-state index is 12.6. The highest BCUT2D eigenvalue weighted by molar-refractivity contribution is 8.26. The zero-order chi connectivity index (χ0) is 21.5. The summed E-state index contributed by atoms with van der Waals surface area (Å²) in [5, 5.41) is 0. The number of amides is 1. The molecule has 0 N–H and O–H groups in total. The molecule has 2 aromatic rings. The molecule has 4 nitrogen and oxygen atoms in total. The van der Waals surface area contributed by atoms with Crippen molar-refractivity contribution < 1.29 is 14.3 Å². The number of thioether (sulfide) groups is 1. The van der Waals surface area contributed by atoms with Gasteiger partial charge in [-0.2, -0.15) is 0 Å². The lowest BCUT2D eigenvalue weighted by Crippen LogP contribution is -2.27. The first-order valence-corrected chi connectivity index (χ1v) is 11.0. The first-order valence-electron chi connectivity index (χ1n) is 9.78. The van der Waals surface area contributed by atoms with E-state index >= 15 is 0 Å². The molecular formula is C24H25NO3S2. The quantitative estimate of drug-likeness (QED) is 0.222. The van der Waals surface area contributed by atoms with E-state index in [2.05, 4.69) is 26.5 Å². The second-order valence-electron chi connectivity index (χ2n) is 6.87.